The van der Waals surface area contributed by atoms with Gasteiger partial charge in [-0.1, -0.05) is 0 Å². The molecule has 3 aromatic heterocycles. The van der Waals surface area contributed by atoms with Crippen molar-refractivity contribution in [1.82, 2.24) is 29.3 Å². The van der Waals surface area contributed by atoms with E-state index in [-0.39, 0.29) is 18.0 Å². The molecule has 1 saturated carbocycles. The smallest absolute Gasteiger partial charge is 0.270 e. The third kappa shape index (κ3) is 4.18. The molecule has 190 valence electrons. The van der Waals surface area contributed by atoms with Crippen molar-refractivity contribution >= 4 is 34.4 Å². The van der Waals surface area contributed by atoms with Crippen LogP contribution in [0.2, 0.25) is 0 Å². The molecule has 2 aliphatic heterocycles. The van der Waals surface area contributed by atoms with Crippen molar-refractivity contribution < 1.29 is 9.90 Å². The van der Waals surface area contributed by atoms with E-state index >= 15 is 0 Å². The topological polar surface area (TPSA) is 103 Å². The summed E-state index contributed by atoms with van der Waals surface area (Å²) in [5, 5.41) is 14.2. The fourth-order valence-corrected chi connectivity index (χ4v) is 6.05. The van der Waals surface area contributed by atoms with Crippen LogP contribution >= 0.6 is 0 Å². The molecule has 1 saturated heterocycles. The van der Waals surface area contributed by atoms with Gasteiger partial charge in [0.1, 0.15) is 17.2 Å². The van der Waals surface area contributed by atoms with Gasteiger partial charge in [-0.2, -0.15) is 4.98 Å². The number of amides is 1. The number of likely N-dealkylation sites (N-methyl/N-ethyl adjacent to an activating group) is 1. The molecule has 5 heterocycles. The third-order valence-electron chi connectivity index (χ3n) is 7.72. The van der Waals surface area contributed by atoms with Crippen molar-refractivity contribution in [1.29, 1.82) is 0 Å². The number of nitrogens with zero attached hydrogens (tertiary/aromatic N) is 7. The van der Waals surface area contributed by atoms with Crippen LogP contribution in [-0.2, 0) is 0 Å². The predicted octanol–water partition coefficient (Wildman–Crippen LogP) is 2.64. The monoisotopic (exact) mass is 490 g/mol. The van der Waals surface area contributed by atoms with Crippen LogP contribution in [0.15, 0.2) is 30.6 Å². The standard InChI is InChI=1S/C26H34N8O2/c1-26(2,36)16-32-9-11-33(12-10-32)18-7-8-22(27-15-18)29-25-28-14-17-13-21-24(35)31(3)19-5-4-6-20(19)34(21)23(17)30-25/h7-8,13-15,19-20,36H,4-6,9-12,16H2,1-3H3,(H,27,28,29,30). The average molecular weight is 491 g/mol. The molecule has 1 aliphatic carbocycles. The number of aromatic nitrogens is 4. The van der Waals surface area contributed by atoms with Crippen LogP contribution in [0.5, 0.6) is 0 Å². The van der Waals surface area contributed by atoms with Crippen LogP contribution in [-0.4, -0.2) is 91.7 Å². The normalized spacial score (nSPS) is 22.7. The Kier molecular flexibility index (Phi) is 5.60. The van der Waals surface area contributed by atoms with Crippen LogP contribution in [0.3, 0.4) is 0 Å². The maximum atomic E-state index is 13.0. The highest BCUT2D eigenvalue weighted by molar-refractivity contribution is 5.99. The van der Waals surface area contributed by atoms with E-state index < -0.39 is 5.60 Å². The summed E-state index contributed by atoms with van der Waals surface area (Å²) >= 11 is 0. The summed E-state index contributed by atoms with van der Waals surface area (Å²) in [5.41, 5.74) is 1.91. The summed E-state index contributed by atoms with van der Waals surface area (Å²) in [6.07, 6.45) is 6.87. The SMILES string of the molecule is CN1C(=O)c2cc3cnc(Nc4ccc(N5CCN(CC(C)(C)O)CC5)cn4)nc3n2C2CCCC21. The Morgan fingerprint density at radius 1 is 1.08 bits per heavy atom. The Morgan fingerprint density at radius 3 is 2.58 bits per heavy atom. The number of aliphatic hydroxyl groups is 1. The van der Waals surface area contributed by atoms with Gasteiger partial charge in [0, 0.05) is 51.4 Å². The number of hydrogen-bond acceptors (Lipinski definition) is 8. The van der Waals surface area contributed by atoms with Crippen LogP contribution in [0.1, 0.15) is 49.6 Å². The van der Waals surface area contributed by atoms with Gasteiger partial charge in [0.2, 0.25) is 5.95 Å². The molecule has 0 spiro atoms. The summed E-state index contributed by atoms with van der Waals surface area (Å²) in [7, 11) is 1.91. The first-order chi connectivity index (χ1) is 17.3. The number of piperazine rings is 1. The number of β-amino-alcohol motifs (C(OH)–C–C–N with tert-alkyl or cyclic N) is 1. The largest absolute Gasteiger partial charge is 0.389 e. The minimum Gasteiger partial charge on any atom is -0.389 e. The molecule has 10 nitrogen and oxygen atoms in total. The zero-order chi connectivity index (χ0) is 25.0. The lowest BCUT2D eigenvalue weighted by atomic mass is 10.1. The van der Waals surface area contributed by atoms with Crippen molar-refractivity contribution in [3.8, 4) is 0 Å². The van der Waals surface area contributed by atoms with Gasteiger partial charge in [0.15, 0.2) is 0 Å². The van der Waals surface area contributed by atoms with Crippen LogP contribution in [0.4, 0.5) is 17.5 Å². The maximum absolute atomic E-state index is 13.0. The number of pyridine rings is 1. The van der Waals surface area contributed by atoms with E-state index in [1.54, 1.807) is 6.20 Å². The van der Waals surface area contributed by atoms with Crippen LogP contribution in [0.25, 0.3) is 11.0 Å². The highest BCUT2D eigenvalue weighted by Crippen LogP contribution is 2.41. The minimum atomic E-state index is -0.674. The molecule has 10 heteroatoms. The van der Waals surface area contributed by atoms with Gasteiger partial charge in [-0.3, -0.25) is 9.69 Å². The van der Waals surface area contributed by atoms with E-state index in [4.69, 9.17) is 4.98 Å². The van der Waals surface area contributed by atoms with Crippen molar-refractivity contribution in [3.63, 3.8) is 0 Å². The first kappa shape index (κ1) is 23.2. The first-order valence-corrected chi connectivity index (χ1v) is 12.8. The molecule has 0 aromatic carbocycles. The molecule has 3 aliphatic rings. The van der Waals surface area contributed by atoms with Gasteiger partial charge in [-0.05, 0) is 51.3 Å². The second-order valence-electron chi connectivity index (χ2n) is 11.0. The number of rotatable bonds is 5. The Balaban J connectivity index is 1.17. The van der Waals surface area contributed by atoms with Crippen molar-refractivity contribution in [2.24, 2.45) is 0 Å². The van der Waals surface area contributed by atoms with Crippen LogP contribution in [0, 0.1) is 0 Å². The number of nitrogens with one attached hydrogen (secondary N) is 1. The molecule has 36 heavy (non-hydrogen) atoms. The molecule has 2 fully saturated rings. The number of hydrogen-bond donors (Lipinski definition) is 2. The molecular weight excluding hydrogens is 456 g/mol. The molecule has 0 radical (unpaired) electrons. The summed E-state index contributed by atoms with van der Waals surface area (Å²) in [4.78, 5) is 33.4. The number of carbonyl (C=O) groups is 1. The summed E-state index contributed by atoms with van der Waals surface area (Å²) < 4.78 is 2.14. The Labute approximate surface area is 210 Å². The van der Waals surface area contributed by atoms with Gasteiger partial charge in [0.25, 0.3) is 5.91 Å². The Bertz CT molecular complexity index is 1270. The Morgan fingerprint density at radius 2 is 1.86 bits per heavy atom. The molecule has 2 N–H and O–H groups in total. The van der Waals surface area contributed by atoms with Crippen molar-refractivity contribution in [2.45, 2.75) is 50.8 Å². The average Bonchev–Trinajstić information content (AvgIpc) is 3.47. The molecule has 2 atom stereocenters. The third-order valence-corrected chi connectivity index (χ3v) is 7.72. The van der Waals surface area contributed by atoms with Crippen molar-refractivity contribution in [3.05, 3.63) is 36.3 Å². The quantitative estimate of drug-likeness (QED) is 0.563. The van der Waals surface area contributed by atoms with E-state index in [0.717, 1.165) is 62.2 Å². The highest BCUT2D eigenvalue weighted by Gasteiger charge is 2.41. The Hall–Kier alpha value is -3.24. The molecule has 3 aromatic rings. The molecule has 0 bridgehead atoms. The first-order valence-electron chi connectivity index (χ1n) is 12.8. The fourth-order valence-electron chi connectivity index (χ4n) is 6.05. The van der Waals surface area contributed by atoms with Gasteiger partial charge in [-0.25, -0.2) is 9.97 Å². The second kappa shape index (κ2) is 8.70. The van der Waals surface area contributed by atoms with Gasteiger partial charge < -0.3 is 24.8 Å². The number of anilines is 3. The molecule has 2 unspecified atom stereocenters. The van der Waals surface area contributed by atoms with Gasteiger partial charge in [-0.15, -0.1) is 0 Å². The molecule has 1 amide bonds. The summed E-state index contributed by atoms with van der Waals surface area (Å²) in [5.74, 6) is 1.22. The summed E-state index contributed by atoms with van der Waals surface area (Å²) in [6, 6.07) is 6.44. The van der Waals surface area contributed by atoms with Crippen LogP contribution < -0.4 is 10.2 Å². The number of carbonyl (C=O) groups excluding carboxylic acids is 1. The lowest BCUT2D eigenvalue weighted by Gasteiger charge is -2.38. The maximum Gasteiger partial charge on any atom is 0.270 e. The van der Waals surface area contributed by atoms with E-state index in [0.29, 0.717) is 24.0 Å². The predicted molar refractivity (Wildman–Crippen MR) is 139 cm³/mol. The lowest BCUT2D eigenvalue weighted by molar-refractivity contribution is 0.0345. The van der Waals surface area contributed by atoms with Gasteiger partial charge >= 0.3 is 0 Å². The minimum absolute atomic E-state index is 0.0591. The van der Waals surface area contributed by atoms with Crippen molar-refractivity contribution in [2.75, 3.05) is 50.0 Å². The zero-order valence-electron chi connectivity index (χ0n) is 21.2. The zero-order valence-corrected chi connectivity index (χ0v) is 21.2. The van der Waals surface area contributed by atoms with E-state index in [9.17, 15) is 9.90 Å². The van der Waals surface area contributed by atoms with Gasteiger partial charge in [0.05, 0.1) is 29.6 Å². The number of fused-ring (bicyclic) bond motifs is 5. The lowest BCUT2D eigenvalue weighted by Crippen LogP contribution is -2.50. The second-order valence-corrected chi connectivity index (χ2v) is 11.0. The van der Waals surface area contributed by atoms with E-state index in [1.807, 2.05) is 44.1 Å². The highest BCUT2D eigenvalue weighted by atomic mass is 16.3. The molecular formula is C26H34N8O2. The van der Waals surface area contributed by atoms with E-state index in [2.05, 4.69) is 35.7 Å². The summed E-state index contributed by atoms with van der Waals surface area (Å²) in [6.45, 7) is 8.03. The van der Waals surface area contributed by atoms with E-state index in [1.165, 1.54) is 0 Å². The molecule has 6 rings (SSSR count). The fraction of sp³-hybridized carbons (Fsp3) is 0.538.